The summed E-state index contributed by atoms with van der Waals surface area (Å²) in [6, 6.07) is 28.4. The first kappa shape index (κ1) is 30.0. The van der Waals surface area contributed by atoms with Crippen LogP contribution in [-0.2, 0) is 0 Å². The third kappa shape index (κ3) is 4.95. The summed E-state index contributed by atoms with van der Waals surface area (Å²) in [5, 5.41) is 9.43. The van der Waals surface area contributed by atoms with Crippen LogP contribution in [0.3, 0.4) is 0 Å². The molecule has 3 aliphatic carbocycles. The van der Waals surface area contributed by atoms with E-state index in [-0.39, 0.29) is 23.9 Å². The second-order valence-corrected chi connectivity index (χ2v) is 13.6. The molecule has 5 aliphatic rings. The highest BCUT2D eigenvalue weighted by atomic mass is 15.2. The predicted octanol–water partition coefficient (Wildman–Crippen LogP) is 11.0. The van der Waals surface area contributed by atoms with Crippen LogP contribution in [0.5, 0.6) is 0 Å². The van der Waals surface area contributed by atoms with Crippen molar-refractivity contribution < 1.29 is 0 Å². The summed E-state index contributed by atoms with van der Waals surface area (Å²) in [5.41, 5.74) is 15.2. The first-order valence-electron chi connectivity index (χ1n) is 17.4. The molecule has 3 heteroatoms. The summed E-state index contributed by atoms with van der Waals surface area (Å²) in [7, 11) is 0. The Balaban J connectivity index is 1.20. The van der Waals surface area contributed by atoms with E-state index in [0.717, 1.165) is 36.9 Å². The van der Waals surface area contributed by atoms with E-state index in [1.807, 2.05) is 12.1 Å². The van der Waals surface area contributed by atoms with Gasteiger partial charge >= 0.3 is 0 Å². The van der Waals surface area contributed by atoms with Crippen molar-refractivity contribution in [2.45, 2.75) is 57.5 Å². The molecule has 0 saturated heterocycles. The van der Waals surface area contributed by atoms with Gasteiger partial charge in [-0.05, 0) is 102 Å². The number of anilines is 3. The van der Waals surface area contributed by atoms with Gasteiger partial charge in [0.25, 0.3) is 0 Å². The highest BCUT2D eigenvalue weighted by Crippen LogP contribution is 2.52. The highest BCUT2D eigenvalue weighted by Gasteiger charge is 2.43. The number of para-hydroxylation sites is 1. The Bertz CT molecular complexity index is 2040. The number of allylic oxidation sites excluding steroid dienone is 9. The molecule has 48 heavy (non-hydrogen) atoms. The first-order valence-corrected chi connectivity index (χ1v) is 17.4. The first-order chi connectivity index (χ1) is 23.6. The van der Waals surface area contributed by atoms with Gasteiger partial charge in [-0.15, -0.1) is 0 Å². The van der Waals surface area contributed by atoms with Crippen molar-refractivity contribution >= 4 is 22.6 Å². The minimum atomic E-state index is 0.147. The fourth-order valence-corrected chi connectivity index (χ4v) is 8.52. The molecule has 0 saturated carbocycles. The number of hydrogen-bond acceptors (Lipinski definition) is 3. The van der Waals surface area contributed by atoms with E-state index in [2.05, 4.69) is 145 Å². The summed E-state index contributed by atoms with van der Waals surface area (Å²) >= 11 is 0. The van der Waals surface area contributed by atoms with Crippen molar-refractivity contribution in [3.8, 4) is 6.07 Å². The van der Waals surface area contributed by atoms with Crippen molar-refractivity contribution in [1.29, 1.82) is 5.26 Å². The van der Waals surface area contributed by atoms with Crippen molar-refractivity contribution in [2.75, 3.05) is 9.80 Å². The lowest BCUT2D eigenvalue weighted by Crippen LogP contribution is -2.38. The molecular weight excluding hydrogens is 583 g/mol. The number of benzene rings is 3. The Kier molecular flexibility index (Phi) is 7.73. The number of nitrogens with zero attached hydrogens (tertiary/aromatic N) is 3. The molecule has 0 amide bonds. The Hall–Kier alpha value is -5.33. The van der Waals surface area contributed by atoms with Crippen molar-refractivity contribution in [1.82, 2.24) is 0 Å². The number of hydrogen-bond donors (Lipinski definition) is 0. The molecule has 0 bridgehead atoms. The van der Waals surface area contributed by atoms with Crippen molar-refractivity contribution in [3.05, 3.63) is 179 Å². The lowest BCUT2D eigenvalue weighted by molar-refractivity contribution is 0.621. The molecule has 2 heterocycles. The van der Waals surface area contributed by atoms with Crippen LogP contribution in [0.15, 0.2) is 162 Å². The Labute approximate surface area is 285 Å². The number of rotatable bonds is 7. The quantitative estimate of drug-likeness (QED) is 0.245. The van der Waals surface area contributed by atoms with Crippen LogP contribution in [0.4, 0.5) is 17.1 Å². The third-order valence-electron chi connectivity index (χ3n) is 10.6. The van der Waals surface area contributed by atoms with Gasteiger partial charge in [0.1, 0.15) is 0 Å². The van der Waals surface area contributed by atoms with Gasteiger partial charge in [0.05, 0.1) is 23.7 Å². The molecule has 0 radical (unpaired) electrons. The molecule has 0 N–H and O–H groups in total. The summed E-state index contributed by atoms with van der Waals surface area (Å²) in [4.78, 5) is 5.06. The Morgan fingerprint density at radius 3 is 2.48 bits per heavy atom. The van der Waals surface area contributed by atoms with Crippen LogP contribution >= 0.6 is 0 Å². The normalized spacial score (nSPS) is 23.6. The molecule has 3 aromatic rings. The molecule has 3 nitrogen and oxygen atoms in total. The van der Waals surface area contributed by atoms with E-state index in [0.29, 0.717) is 5.56 Å². The van der Waals surface area contributed by atoms with Crippen molar-refractivity contribution in [3.63, 3.8) is 0 Å². The predicted molar refractivity (Wildman–Crippen MR) is 200 cm³/mol. The standard InChI is InChI=1S/C45H41N3/c1-4-12-33(37-17-11-20-43-44(37)39-15-8-9-19-41(39)47(43)35-24-22-32(29-46)23-25-35)28-31(3)36-16-10-18-38-40-27-30(2)21-26-42(40)48(45(36)38)34-13-6-5-7-14-34/h5-11,13-20,22-25,27-28,36,39,41,45H,3-4,12,21,26H2,1-2H3/b33-28+. The van der Waals surface area contributed by atoms with Crippen LogP contribution in [0.1, 0.15) is 62.1 Å². The van der Waals surface area contributed by atoms with Gasteiger partial charge in [-0.3, -0.25) is 0 Å². The molecule has 4 atom stereocenters. The van der Waals surface area contributed by atoms with E-state index in [1.54, 1.807) is 0 Å². The van der Waals surface area contributed by atoms with Gasteiger partial charge in [0, 0.05) is 34.6 Å². The fourth-order valence-electron chi connectivity index (χ4n) is 8.52. The lowest BCUT2D eigenvalue weighted by Gasteiger charge is -2.36. The molecule has 3 aromatic carbocycles. The lowest BCUT2D eigenvalue weighted by atomic mass is 9.79. The molecule has 0 aromatic heterocycles. The molecular formula is C45H41N3. The Morgan fingerprint density at radius 1 is 0.896 bits per heavy atom. The molecule has 4 unspecified atom stereocenters. The van der Waals surface area contributed by atoms with Crippen LogP contribution in [0.25, 0.3) is 5.57 Å². The summed E-state index contributed by atoms with van der Waals surface area (Å²) in [5.74, 6) is 0.386. The SMILES string of the molecule is C=C(/C=C(\CCC)c1cccc2c1C1C=CC=CC1N2c1ccc(C#N)cc1)C1C=CC=C2C3=C(CCC(C)=C3)N(c3ccccc3)C21. The van der Waals surface area contributed by atoms with Gasteiger partial charge in [-0.25, -0.2) is 0 Å². The summed E-state index contributed by atoms with van der Waals surface area (Å²) < 4.78 is 0. The monoisotopic (exact) mass is 623 g/mol. The van der Waals surface area contributed by atoms with Crippen LogP contribution < -0.4 is 9.80 Å². The number of nitriles is 1. The van der Waals surface area contributed by atoms with E-state index in [4.69, 9.17) is 6.58 Å². The second kappa shape index (κ2) is 12.4. The second-order valence-electron chi connectivity index (χ2n) is 13.6. The molecule has 236 valence electrons. The minimum Gasteiger partial charge on any atom is -0.336 e. The maximum absolute atomic E-state index is 9.43. The van der Waals surface area contributed by atoms with Gasteiger partial charge in [0.15, 0.2) is 0 Å². The van der Waals surface area contributed by atoms with Gasteiger partial charge in [-0.2, -0.15) is 5.26 Å². The average Bonchev–Trinajstić information content (AvgIpc) is 3.64. The zero-order chi connectivity index (χ0) is 32.8. The van der Waals surface area contributed by atoms with Crippen molar-refractivity contribution in [2.24, 2.45) is 5.92 Å². The smallest absolute Gasteiger partial charge is 0.0991 e. The maximum atomic E-state index is 9.43. The number of fused-ring (bicyclic) bond motifs is 5. The zero-order valence-electron chi connectivity index (χ0n) is 27.8. The largest absolute Gasteiger partial charge is 0.336 e. The third-order valence-corrected chi connectivity index (χ3v) is 10.6. The topological polar surface area (TPSA) is 30.3 Å². The Morgan fingerprint density at radius 2 is 1.69 bits per heavy atom. The van der Waals surface area contributed by atoms with Gasteiger partial charge in [-0.1, -0.05) is 111 Å². The van der Waals surface area contributed by atoms with Crippen LogP contribution in [-0.4, -0.2) is 12.1 Å². The fraction of sp³-hybridized carbons (Fsp3) is 0.222. The maximum Gasteiger partial charge on any atom is 0.0991 e. The van der Waals surface area contributed by atoms with Crippen LogP contribution in [0.2, 0.25) is 0 Å². The molecule has 2 aliphatic heterocycles. The minimum absolute atomic E-state index is 0.147. The van der Waals surface area contributed by atoms with E-state index < -0.39 is 0 Å². The van der Waals surface area contributed by atoms with Gasteiger partial charge < -0.3 is 9.80 Å². The van der Waals surface area contributed by atoms with Gasteiger partial charge in [0.2, 0.25) is 0 Å². The van der Waals surface area contributed by atoms with Crippen LogP contribution in [0, 0.1) is 17.2 Å². The molecule has 0 fully saturated rings. The summed E-state index contributed by atoms with van der Waals surface area (Å²) in [6.45, 7) is 9.36. The highest BCUT2D eigenvalue weighted by molar-refractivity contribution is 5.84. The zero-order valence-corrected chi connectivity index (χ0v) is 27.8. The summed E-state index contributed by atoms with van der Waals surface area (Å²) in [6.07, 6.45) is 25.0. The molecule has 8 rings (SSSR count). The van der Waals surface area contributed by atoms with E-state index in [1.165, 1.54) is 50.5 Å². The van der Waals surface area contributed by atoms with E-state index in [9.17, 15) is 5.26 Å². The average molecular weight is 624 g/mol. The van der Waals surface area contributed by atoms with E-state index >= 15 is 0 Å². The molecule has 0 spiro atoms.